The number of aromatic nitrogens is 3. The van der Waals surface area contributed by atoms with E-state index in [-0.39, 0.29) is 18.4 Å². The average molecular weight is 460 g/mol. The lowest BCUT2D eigenvalue weighted by molar-refractivity contribution is -0.118. The first kappa shape index (κ1) is 21.5. The Labute approximate surface area is 196 Å². The molecule has 7 nitrogen and oxygen atoms in total. The molecule has 1 fully saturated rings. The molecule has 1 aliphatic rings. The molecule has 5 rings (SSSR count). The van der Waals surface area contributed by atoms with Crippen molar-refractivity contribution in [3.63, 3.8) is 0 Å². The largest absolute Gasteiger partial charge is 0.379 e. The lowest BCUT2D eigenvalue weighted by Gasteiger charge is -2.25. The fraction of sp³-hybridized carbons (Fsp3) is 0.200. The summed E-state index contributed by atoms with van der Waals surface area (Å²) < 4.78 is 5.35. The van der Waals surface area contributed by atoms with Gasteiger partial charge in [0.25, 0.3) is 0 Å². The van der Waals surface area contributed by atoms with Crippen LogP contribution < -0.4 is 5.32 Å². The second-order valence-electron chi connectivity index (χ2n) is 7.78. The van der Waals surface area contributed by atoms with Crippen molar-refractivity contribution in [1.29, 1.82) is 0 Å². The highest BCUT2D eigenvalue weighted by molar-refractivity contribution is 6.32. The van der Waals surface area contributed by atoms with Crippen LogP contribution in [0, 0.1) is 0 Å². The van der Waals surface area contributed by atoms with Crippen LogP contribution in [0.5, 0.6) is 0 Å². The molecule has 0 bridgehead atoms. The van der Waals surface area contributed by atoms with Gasteiger partial charge in [-0.3, -0.25) is 15.0 Å². The van der Waals surface area contributed by atoms with Crippen LogP contribution in [0.3, 0.4) is 0 Å². The zero-order chi connectivity index (χ0) is 22.6. The maximum absolute atomic E-state index is 12.7. The van der Waals surface area contributed by atoms with E-state index >= 15 is 0 Å². The van der Waals surface area contributed by atoms with E-state index in [0.717, 1.165) is 29.6 Å². The predicted octanol–water partition coefficient (Wildman–Crippen LogP) is 4.28. The Bertz CT molecular complexity index is 1290. The number of pyridine rings is 1. The summed E-state index contributed by atoms with van der Waals surface area (Å²) in [4.78, 5) is 28.5. The molecule has 4 aromatic rings. The van der Waals surface area contributed by atoms with Crippen LogP contribution in [0.15, 0.2) is 66.7 Å². The molecule has 166 valence electrons. The lowest BCUT2D eigenvalue weighted by atomic mass is 10.1. The Morgan fingerprint density at radius 3 is 2.48 bits per heavy atom. The highest BCUT2D eigenvalue weighted by Gasteiger charge is 2.17. The van der Waals surface area contributed by atoms with E-state index < -0.39 is 0 Å². The first-order valence-corrected chi connectivity index (χ1v) is 11.1. The molecule has 2 aromatic carbocycles. The fourth-order valence-corrected chi connectivity index (χ4v) is 4.04. The van der Waals surface area contributed by atoms with Gasteiger partial charge in [0, 0.05) is 29.6 Å². The van der Waals surface area contributed by atoms with Crippen molar-refractivity contribution in [1.82, 2.24) is 19.9 Å². The minimum atomic E-state index is -0.171. The molecule has 0 atom stereocenters. The van der Waals surface area contributed by atoms with Crippen LogP contribution in [0.2, 0.25) is 5.15 Å². The lowest BCUT2D eigenvalue weighted by Crippen LogP contribution is -2.41. The summed E-state index contributed by atoms with van der Waals surface area (Å²) in [6.07, 6.45) is 0. The number of rotatable bonds is 5. The van der Waals surface area contributed by atoms with Crippen LogP contribution in [0.25, 0.3) is 33.4 Å². The molecular formula is C25H22ClN5O2. The number of hydrogen-bond donors (Lipinski definition) is 1. The number of carbonyl (C=O) groups is 1. The summed E-state index contributed by atoms with van der Waals surface area (Å²) in [7, 11) is 0. The summed E-state index contributed by atoms with van der Waals surface area (Å²) in [5, 5.41) is 4.16. The summed E-state index contributed by atoms with van der Waals surface area (Å²) in [5.74, 6) is 0.0598. The smallest absolute Gasteiger partial charge is 0.240 e. The predicted molar refractivity (Wildman–Crippen MR) is 129 cm³/mol. The van der Waals surface area contributed by atoms with Crippen molar-refractivity contribution >= 4 is 34.4 Å². The van der Waals surface area contributed by atoms with Gasteiger partial charge in [-0.25, -0.2) is 15.0 Å². The molecule has 33 heavy (non-hydrogen) atoms. The average Bonchev–Trinajstić information content (AvgIpc) is 2.84. The Kier molecular flexibility index (Phi) is 6.26. The van der Waals surface area contributed by atoms with Gasteiger partial charge in [0.15, 0.2) is 0 Å². The van der Waals surface area contributed by atoms with Gasteiger partial charge in [-0.15, -0.1) is 0 Å². The highest BCUT2D eigenvalue weighted by atomic mass is 35.5. The van der Waals surface area contributed by atoms with Gasteiger partial charge in [-0.05, 0) is 18.2 Å². The standard InChI is InChI=1S/C25H22ClN5O2/c26-24-19(14-18-8-4-5-9-20(18)27-24)22-15-21(17-6-2-1-3-7-17)28-25(29-22)30-23(32)16-31-10-12-33-13-11-31/h1-9,14-15H,10-13,16H2,(H,28,29,30,32). The van der Waals surface area contributed by atoms with E-state index in [1.54, 1.807) is 0 Å². The molecule has 0 aliphatic carbocycles. The molecule has 1 aliphatic heterocycles. The summed E-state index contributed by atoms with van der Waals surface area (Å²) in [6, 6.07) is 21.4. The van der Waals surface area contributed by atoms with Crippen molar-refractivity contribution in [2.45, 2.75) is 0 Å². The number of carbonyl (C=O) groups excluding carboxylic acids is 1. The fourth-order valence-electron chi connectivity index (χ4n) is 3.80. The van der Waals surface area contributed by atoms with Crippen molar-refractivity contribution in [2.24, 2.45) is 0 Å². The molecular weight excluding hydrogens is 438 g/mol. The van der Waals surface area contributed by atoms with Crippen molar-refractivity contribution < 1.29 is 9.53 Å². The molecule has 0 saturated carbocycles. The summed E-state index contributed by atoms with van der Waals surface area (Å²) in [6.45, 7) is 2.97. The number of para-hydroxylation sites is 1. The van der Waals surface area contributed by atoms with Gasteiger partial charge in [0.2, 0.25) is 11.9 Å². The SMILES string of the molecule is O=C(CN1CCOCC1)Nc1nc(-c2ccccc2)cc(-c2cc3ccccc3nc2Cl)n1. The molecule has 0 spiro atoms. The van der Waals surface area contributed by atoms with E-state index in [9.17, 15) is 4.79 Å². The van der Waals surface area contributed by atoms with Crippen molar-refractivity contribution in [3.8, 4) is 22.5 Å². The van der Waals surface area contributed by atoms with Crippen LogP contribution in [-0.2, 0) is 9.53 Å². The molecule has 8 heteroatoms. The third kappa shape index (κ3) is 5.01. The number of nitrogens with zero attached hydrogens (tertiary/aromatic N) is 4. The van der Waals surface area contributed by atoms with E-state index in [2.05, 4.69) is 20.3 Å². The van der Waals surface area contributed by atoms with Crippen LogP contribution in [0.1, 0.15) is 0 Å². The first-order chi connectivity index (χ1) is 16.2. The molecule has 0 unspecified atom stereocenters. The van der Waals surface area contributed by atoms with Gasteiger partial charge < -0.3 is 4.74 Å². The van der Waals surface area contributed by atoms with E-state index in [1.807, 2.05) is 71.6 Å². The second kappa shape index (κ2) is 9.62. The monoisotopic (exact) mass is 459 g/mol. The Hall–Kier alpha value is -3.39. The normalized spacial score (nSPS) is 14.3. The number of hydrogen-bond acceptors (Lipinski definition) is 6. The zero-order valence-electron chi connectivity index (χ0n) is 17.9. The minimum absolute atomic E-state index is 0.171. The Morgan fingerprint density at radius 2 is 1.67 bits per heavy atom. The zero-order valence-corrected chi connectivity index (χ0v) is 18.6. The van der Waals surface area contributed by atoms with Gasteiger partial charge in [-0.2, -0.15) is 0 Å². The van der Waals surface area contributed by atoms with Crippen molar-refractivity contribution in [2.75, 3.05) is 38.2 Å². The quantitative estimate of drug-likeness (QED) is 0.448. The van der Waals surface area contributed by atoms with Gasteiger partial charge >= 0.3 is 0 Å². The maximum atomic E-state index is 12.7. The van der Waals surface area contributed by atoms with E-state index in [1.165, 1.54) is 0 Å². The first-order valence-electron chi connectivity index (χ1n) is 10.8. The molecule has 0 radical (unpaired) electrons. The Balaban J connectivity index is 1.52. The van der Waals surface area contributed by atoms with Gasteiger partial charge in [0.1, 0.15) is 5.15 Å². The van der Waals surface area contributed by atoms with Crippen LogP contribution in [0.4, 0.5) is 5.95 Å². The van der Waals surface area contributed by atoms with Gasteiger partial charge in [-0.1, -0.05) is 60.1 Å². The topological polar surface area (TPSA) is 80.2 Å². The summed E-state index contributed by atoms with van der Waals surface area (Å²) in [5.41, 5.74) is 3.68. The number of morpholine rings is 1. The van der Waals surface area contributed by atoms with Gasteiger partial charge in [0.05, 0.1) is 36.7 Å². The molecule has 1 amide bonds. The number of benzene rings is 2. The molecule has 1 saturated heterocycles. The number of halogens is 1. The minimum Gasteiger partial charge on any atom is -0.379 e. The number of nitrogens with one attached hydrogen (secondary N) is 1. The van der Waals surface area contributed by atoms with Crippen molar-refractivity contribution in [3.05, 3.63) is 71.9 Å². The molecule has 2 aromatic heterocycles. The number of anilines is 1. The number of ether oxygens (including phenoxy) is 1. The van der Waals surface area contributed by atoms with Crippen LogP contribution in [-0.4, -0.2) is 58.6 Å². The number of fused-ring (bicyclic) bond motifs is 1. The van der Waals surface area contributed by atoms with E-state index in [0.29, 0.717) is 35.3 Å². The maximum Gasteiger partial charge on any atom is 0.240 e. The number of amides is 1. The highest BCUT2D eigenvalue weighted by Crippen LogP contribution is 2.31. The summed E-state index contributed by atoms with van der Waals surface area (Å²) >= 11 is 6.55. The van der Waals surface area contributed by atoms with Crippen LogP contribution >= 0.6 is 11.6 Å². The third-order valence-electron chi connectivity index (χ3n) is 5.47. The van der Waals surface area contributed by atoms with E-state index in [4.69, 9.17) is 16.3 Å². The molecule has 3 heterocycles. The molecule has 1 N–H and O–H groups in total. The second-order valence-corrected chi connectivity index (χ2v) is 8.14. The third-order valence-corrected chi connectivity index (χ3v) is 5.76. The Morgan fingerprint density at radius 1 is 0.939 bits per heavy atom.